The van der Waals surface area contributed by atoms with Crippen LogP contribution in [0.3, 0.4) is 0 Å². The van der Waals surface area contributed by atoms with Gasteiger partial charge in [-0.15, -0.1) is 0 Å². The van der Waals surface area contributed by atoms with Crippen molar-refractivity contribution in [1.29, 1.82) is 0 Å². The maximum atomic E-state index is 10.1. The molecule has 0 aliphatic carbocycles. The number of carbonyl (C=O) groups excluding carboxylic acids is 1. The van der Waals surface area contributed by atoms with Crippen molar-refractivity contribution >= 4 is 5.97 Å². The summed E-state index contributed by atoms with van der Waals surface area (Å²) in [6.07, 6.45) is 7.60. The number of hydrogen-bond acceptors (Lipinski definition) is 3. The Balaban J connectivity index is 0. The summed E-state index contributed by atoms with van der Waals surface area (Å²) in [6.45, 7) is 2.18. The van der Waals surface area contributed by atoms with E-state index in [1.165, 1.54) is 25.7 Å². The van der Waals surface area contributed by atoms with Crippen molar-refractivity contribution in [2.45, 2.75) is 70.8 Å². The van der Waals surface area contributed by atoms with Crippen LogP contribution in [-0.4, -0.2) is 17.2 Å². The van der Waals surface area contributed by atoms with Gasteiger partial charge in [-0.2, -0.15) is 0 Å². The predicted octanol–water partition coefficient (Wildman–Crippen LogP) is -1.37. The van der Waals surface area contributed by atoms with Gasteiger partial charge >= 0.3 is 51.4 Å². The Morgan fingerprint density at radius 1 is 1.12 bits per heavy atom. The third-order valence-corrected chi connectivity index (χ3v) is 2.56. The summed E-state index contributed by atoms with van der Waals surface area (Å²) in [5, 5.41) is 19.6. The zero-order valence-electron chi connectivity index (χ0n) is 10.7. The van der Waals surface area contributed by atoms with Crippen molar-refractivity contribution in [3.8, 4) is 0 Å². The van der Waals surface area contributed by atoms with Crippen LogP contribution in [0.5, 0.6) is 0 Å². The van der Waals surface area contributed by atoms with Gasteiger partial charge < -0.3 is 15.0 Å². The van der Waals surface area contributed by atoms with Crippen LogP contribution < -0.4 is 56.5 Å². The van der Waals surface area contributed by atoms with Gasteiger partial charge in [0.05, 0.1) is 6.10 Å². The molecule has 16 heavy (non-hydrogen) atoms. The van der Waals surface area contributed by atoms with E-state index >= 15 is 0 Å². The second-order valence-electron chi connectivity index (χ2n) is 4.12. The van der Waals surface area contributed by atoms with Gasteiger partial charge in [0.2, 0.25) is 0 Å². The summed E-state index contributed by atoms with van der Waals surface area (Å²) in [5.41, 5.74) is 0. The van der Waals surface area contributed by atoms with Crippen molar-refractivity contribution in [3.05, 3.63) is 0 Å². The van der Waals surface area contributed by atoms with E-state index < -0.39 is 5.97 Å². The standard InChI is InChI=1S/C12H24O3.K/c1-2-3-4-5-6-8-11(13)9-7-10-12(14)15;/h11,13H,2-10H2,1H3,(H,14,15);/q;+1/p-1. The molecule has 1 unspecified atom stereocenters. The monoisotopic (exact) mass is 254 g/mol. The summed E-state index contributed by atoms with van der Waals surface area (Å²) < 4.78 is 0. The fourth-order valence-corrected chi connectivity index (χ4v) is 1.61. The molecule has 0 aromatic carbocycles. The molecule has 0 aliphatic rings. The van der Waals surface area contributed by atoms with Gasteiger partial charge in [0.1, 0.15) is 0 Å². The molecule has 4 heteroatoms. The van der Waals surface area contributed by atoms with Crippen LogP contribution >= 0.6 is 0 Å². The van der Waals surface area contributed by atoms with E-state index in [2.05, 4.69) is 6.92 Å². The third-order valence-electron chi connectivity index (χ3n) is 2.56. The molecular weight excluding hydrogens is 231 g/mol. The van der Waals surface area contributed by atoms with Crippen molar-refractivity contribution < 1.29 is 66.4 Å². The predicted molar refractivity (Wildman–Crippen MR) is 58.2 cm³/mol. The Labute approximate surface area is 141 Å². The van der Waals surface area contributed by atoms with Gasteiger partial charge in [-0.1, -0.05) is 39.0 Å². The molecule has 0 radical (unpaired) electrons. The van der Waals surface area contributed by atoms with Gasteiger partial charge in [0.25, 0.3) is 0 Å². The maximum absolute atomic E-state index is 10.1. The number of aliphatic hydroxyl groups excluding tert-OH is 1. The molecular formula is C12H23KO3. The molecule has 0 aliphatic heterocycles. The Bertz CT molecular complexity index is 162. The van der Waals surface area contributed by atoms with Crippen LogP contribution in [0.1, 0.15) is 64.7 Å². The summed E-state index contributed by atoms with van der Waals surface area (Å²) >= 11 is 0. The first-order chi connectivity index (χ1) is 7.16. The molecule has 0 saturated carbocycles. The molecule has 0 spiro atoms. The molecule has 0 bridgehead atoms. The zero-order chi connectivity index (χ0) is 11.5. The maximum Gasteiger partial charge on any atom is 1.00 e. The van der Waals surface area contributed by atoms with Crippen LogP contribution in [0, 0.1) is 0 Å². The number of unbranched alkanes of at least 4 members (excludes halogenated alkanes) is 4. The van der Waals surface area contributed by atoms with Crippen LogP contribution in [0.15, 0.2) is 0 Å². The first kappa shape index (κ1) is 19.4. The number of aliphatic hydroxyl groups is 1. The first-order valence-corrected chi connectivity index (χ1v) is 6.04. The molecule has 0 heterocycles. The first-order valence-electron chi connectivity index (χ1n) is 6.04. The van der Waals surface area contributed by atoms with E-state index in [9.17, 15) is 15.0 Å². The number of aliphatic carboxylic acids is 1. The van der Waals surface area contributed by atoms with Crippen LogP contribution in [0.2, 0.25) is 0 Å². The molecule has 0 aromatic heterocycles. The second kappa shape index (κ2) is 14.1. The Morgan fingerprint density at radius 2 is 1.69 bits per heavy atom. The molecule has 90 valence electrons. The molecule has 0 aromatic rings. The second-order valence-corrected chi connectivity index (χ2v) is 4.12. The third kappa shape index (κ3) is 15.1. The molecule has 1 atom stereocenters. The average molecular weight is 254 g/mol. The Morgan fingerprint density at radius 3 is 2.25 bits per heavy atom. The van der Waals surface area contributed by atoms with Crippen molar-refractivity contribution in [1.82, 2.24) is 0 Å². The summed E-state index contributed by atoms with van der Waals surface area (Å²) in [5.74, 6) is -1.02. The SMILES string of the molecule is CCCCCCCC(O)CCCC(=O)[O-].[K+]. The molecule has 1 N–H and O–H groups in total. The normalized spacial score (nSPS) is 11.9. The van der Waals surface area contributed by atoms with Crippen molar-refractivity contribution in [2.75, 3.05) is 0 Å². The molecule has 0 fully saturated rings. The summed E-state index contributed by atoms with van der Waals surface area (Å²) in [6, 6.07) is 0. The van der Waals surface area contributed by atoms with Crippen molar-refractivity contribution in [2.24, 2.45) is 0 Å². The van der Waals surface area contributed by atoms with Crippen LogP contribution in [0.25, 0.3) is 0 Å². The number of carboxylic acids is 1. The summed E-state index contributed by atoms with van der Waals surface area (Å²) in [4.78, 5) is 10.1. The van der Waals surface area contributed by atoms with Gasteiger partial charge in [0.15, 0.2) is 0 Å². The quantitative estimate of drug-likeness (QED) is 0.387. The number of rotatable bonds is 10. The van der Waals surface area contributed by atoms with E-state index in [1.54, 1.807) is 0 Å². The molecule has 0 amide bonds. The fraction of sp³-hybridized carbons (Fsp3) is 0.917. The minimum atomic E-state index is -1.02. The number of carboxylic acid groups (broad SMARTS) is 1. The minimum Gasteiger partial charge on any atom is -0.550 e. The molecule has 0 saturated heterocycles. The molecule has 0 rings (SSSR count). The topological polar surface area (TPSA) is 60.4 Å². The smallest absolute Gasteiger partial charge is 0.550 e. The fourth-order valence-electron chi connectivity index (χ4n) is 1.61. The number of carbonyl (C=O) groups is 1. The largest absolute Gasteiger partial charge is 1.00 e. The van der Waals surface area contributed by atoms with E-state index in [1.807, 2.05) is 0 Å². The zero-order valence-corrected chi connectivity index (χ0v) is 13.8. The van der Waals surface area contributed by atoms with Gasteiger partial charge in [-0.3, -0.25) is 0 Å². The van der Waals surface area contributed by atoms with E-state index in [-0.39, 0.29) is 63.9 Å². The Kier molecular flexibility index (Phi) is 17.1. The number of hydrogen-bond donors (Lipinski definition) is 1. The van der Waals surface area contributed by atoms with Gasteiger partial charge in [-0.25, -0.2) is 0 Å². The average Bonchev–Trinajstić information content (AvgIpc) is 2.17. The van der Waals surface area contributed by atoms with Crippen LogP contribution in [-0.2, 0) is 4.79 Å². The van der Waals surface area contributed by atoms with E-state index in [4.69, 9.17) is 0 Å². The molecule has 3 nitrogen and oxygen atoms in total. The van der Waals surface area contributed by atoms with Crippen molar-refractivity contribution in [3.63, 3.8) is 0 Å². The van der Waals surface area contributed by atoms with Gasteiger partial charge in [0, 0.05) is 5.97 Å². The van der Waals surface area contributed by atoms with E-state index in [0.717, 1.165) is 12.8 Å². The van der Waals surface area contributed by atoms with Gasteiger partial charge in [-0.05, 0) is 25.7 Å². The Hall–Kier alpha value is 1.07. The van der Waals surface area contributed by atoms with E-state index in [0.29, 0.717) is 12.8 Å². The van der Waals surface area contributed by atoms with Crippen LogP contribution in [0.4, 0.5) is 0 Å². The minimum absolute atomic E-state index is 0. The summed E-state index contributed by atoms with van der Waals surface area (Å²) in [7, 11) is 0.